The van der Waals surface area contributed by atoms with Crippen LogP contribution in [-0.4, -0.2) is 5.91 Å². The zero-order valence-electron chi connectivity index (χ0n) is 10.3. The van der Waals surface area contributed by atoms with Gasteiger partial charge in [-0.2, -0.15) is 0 Å². The van der Waals surface area contributed by atoms with Gasteiger partial charge in [-0.3, -0.25) is 4.79 Å². The minimum absolute atomic E-state index is 0.0194. The molecule has 3 rings (SSSR count). The molecule has 0 saturated heterocycles. The standard InChI is InChI=1S/C15H10BrCl2NO/c16-8-4-5-14-9(6-8)10(15(20)19-14)7-11-12(17)2-1-3-13(11)18/h1-6,10H,7H2,(H,19,20). The number of hydrogen-bond donors (Lipinski definition) is 1. The van der Waals surface area contributed by atoms with Crippen molar-refractivity contribution in [2.45, 2.75) is 12.3 Å². The van der Waals surface area contributed by atoms with E-state index in [9.17, 15) is 4.79 Å². The summed E-state index contributed by atoms with van der Waals surface area (Å²) in [4.78, 5) is 12.2. The van der Waals surface area contributed by atoms with E-state index in [0.717, 1.165) is 21.3 Å². The number of hydrogen-bond acceptors (Lipinski definition) is 1. The van der Waals surface area contributed by atoms with E-state index >= 15 is 0 Å². The molecule has 1 N–H and O–H groups in total. The van der Waals surface area contributed by atoms with Gasteiger partial charge in [0.05, 0.1) is 5.92 Å². The van der Waals surface area contributed by atoms with Crippen LogP contribution in [0.2, 0.25) is 10.0 Å². The Kier molecular flexibility index (Phi) is 3.76. The Hall–Kier alpha value is -1.03. The summed E-state index contributed by atoms with van der Waals surface area (Å²) in [5, 5.41) is 4.07. The molecule has 1 amide bonds. The number of amides is 1. The molecule has 0 fully saturated rings. The lowest BCUT2D eigenvalue weighted by Crippen LogP contribution is -2.14. The van der Waals surface area contributed by atoms with E-state index in [1.807, 2.05) is 18.2 Å². The highest BCUT2D eigenvalue weighted by Gasteiger charge is 2.31. The highest BCUT2D eigenvalue weighted by atomic mass is 79.9. The second kappa shape index (κ2) is 5.40. The molecule has 2 aromatic rings. The molecular weight excluding hydrogens is 361 g/mol. The minimum Gasteiger partial charge on any atom is -0.325 e. The zero-order chi connectivity index (χ0) is 14.3. The Morgan fingerprint density at radius 3 is 2.55 bits per heavy atom. The van der Waals surface area contributed by atoms with Gasteiger partial charge in [-0.1, -0.05) is 45.2 Å². The first-order valence-corrected chi connectivity index (χ1v) is 7.64. The van der Waals surface area contributed by atoms with Crippen molar-refractivity contribution in [2.75, 3.05) is 5.32 Å². The number of carbonyl (C=O) groups is 1. The van der Waals surface area contributed by atoms with Crippen molar-refractivity contribution in [2.24, 2.45) is 0 Å². The molecule has 1 aliphatic heterocycles. The number of benzene rings is 2. The molecule has 0 radical (unpaired) electrons. The molecule has 1 atom stereocenters. The van der Waals surface area contributed by atoms with Crippen molar-refractivity contribution in [1.29, 1.82) is 0 Å². The molecule has 0 spiro atoms. The van der Waals surface area contributed by atoms with E-state index < -0.39 is 0 Å². The van der Waals surface area contributed by atoms with Gasteiger partial charge in [0.25, 0.3) is 0 Å². The van der Waals surface area contributed by atoms with Gasteiger partial charge in [0.1, 0.15) is 0 Å². The predicted octanol–water partition coefficient (Wildman–Crippen LogP) is 5.03. The summed E-state index contributed by atoms with van der Waals surface area (Å²) in [7, 11) is 0. The molecule has 0 saturated carbocycles. The largest absolute Gasteiger partial charge is 0.325 e. The van der Waals surface area contributed by atoms with Crippen molar-refractivity contribution in [1.82, 2.24) is 0 Å². The molecule has 1 heterocycles. The van der Waals surface area contributed by atoms with Gasteiger partial charge < -0.3 is 5.32 Å². The van der Waals surface area contributed by atoms with Gasteiger partial charge >= 0.3 is 0 Å². The lowest BCUT2D eigenvalue weighted by atomic mass is 9.93. The second-order valence-electron chi connectivity index (χ2n) is 4.68. The van der Waals surface area contributed by atoms with E-state index in [1.54, 1.807) is 18.2 Å². The van der Waals surface area contributed by atoms with Gasteiger partial charge in [-0.25, -0.2) is 0 Å². The summed E-state index contributed by atoms with van der Waals surface area (Å²) < 4.78 is 0.947. The monoisotopic (exact) mass is 369 g/mol. The molecule has 5 heteroatoms. The number of anilines is 1. The lowest BCUT2D eigenvalue weighted by Gasteiger charge is -2.12. The third kappa shape index (κ3) is 2.46. The van der Waals surface area contributed by atoms with Crippen LogP contribution in [0.15, 0.2) is 40.9 Å². The van der Waals surface area contributed by atoms with Crippen LogP contribution in [0.4, 0.5) is 5.69 Å². The number of rotatable bonds is 2. The molecule has 0 aromatic heterocycles. The fourth-order valence-electron chi connectivity index (χ4n) is 2.43. The van der Waals surface area contributed by atoms with Crippen molar-refractivity contribution in [3.8, 4) is 0 Å². The number of carbonyl (C=O) groups excluding carboxylic acids is 1. The Labute approximate surface area is 135 Å². The first-order valence-electron chi connectivity index (χ1n) is 6.09. The Balaban J connectivity index is 2.00. The summed E-state index contributed by atoms with van der Waals surface area (Å²) in [6.07, 6.45) is 0.494. The van der Waals surface area contributed by atoms with Crippen LogP contribution in [0.5, 0.6) is 0 Å². The van der Waals surface area contributed by atoms with Gasteiger partial charge in [0.2, 0.25) is 5.91 Å². The first-order chi connectivity index (χ1) is 9.56. The van der Waals surface area contributed by atoms with Crippen molar-refractivity contribution in [3.63, 3.8) is 0 Å². The molecule has 2 nitrogen and oxygen atoms in total. The maximum absolute atomic E-state index is 12.2. The van der Waals surface area contributed by atoms with Crippen LogP contribution in [0, 0.1) is 0 Å². The summed E-state index contributed by atoms with van der Waals surface area (Å²) in [6.45, 7) is 0. The third-order valence-corrected chi connectivity index (χ3v) is 4.63. The Morgan fingerprint density at radius 2 is 1.85 bits per heavy atom. The normalized spacial score (nSPS) is 16.9. The smallest absolute Gasteiger partial charge is 0.232 e. The molecule has 102 valence electrons. The summed E-state index contributed by atoms with van der Waals surface area (Å²) >= 11 is 15.8. The summed E-state index contributed by atoms with van der Waals surface area (Å²) in [6, 6.07) is 11.1. The topological polar surface area (TPSA) is 29.1 Å². The average Bonchev–Trinajstić information content (AvgIpc) is 2.70. The summed E-state index contributed by atoms with van der Waals surface area (Å²) in [5.41, 5.74) is 2.63. The van der Waals surface area contributed by atoms with E-state index in [4.69, 9.17) is 23.2 Å². The molecule has 1 unspecified atom stereocenters. The van der Waals surface area contributed by atoms with Crippen LogP contribution in [0.3, 0.4) is 0 Å². The van der Waals surface area contributed by atoms with Gasteiger partial charge in [0, 0.05) is 20.2 Å². The predicted molar refractivity (Wildman–Crippen MR) is 85.7 cm³/mol. The van der Waals surface area contributed by atoms with E-state index in [-0.39, 0.29) is 11.8 Å². The van der Waals surface area contributed by atoms with Crippen LogP contribution in [0.25, 0.3) is 0 Å². The van der Waals surface area contributed by atoms with Gasteiger partial charge in [0.15, 0.2) is 0 Å². The molecule has 20 heavy (non-hydrogen) atoms. The van der Waals surface area contributed by atoms with Gasteiger partial charge in [-0.05, 0) is 47.9 Å². The quantitative estimate of drug-likeness (QED) is 0.788. The van der Waals surface area contributed by atoms with Crippen molar-refractivity contribution >= 4 is 50.7 Å². The van der Waals surface area contributed by atoms with Crippen molar-refractivity contribution < 1.29 is 4.79 Å². The van der Waals surface area contributed by atoms with Crippen LogP contribution < -0.4 is 5.32 Å². The maximum atomic E-state index is 12.2. The SMILES string of the molecule is O=C1Nc2ccc(Br)cc2C1Cc1c(Cl)cccc1Cl. The fraction of sp³-hybridized carbons (Fsp3) is 0.133. The lowest BCUT2D eigenvalue weighted by molar-refractivity contribution is -0.117. The maximum Gasteiger partial charge on any atom is 0.232 e. The molecule has 0 aliphatic carbocycles. The number of fused-ring (bicyclic) bond motifs is 1. The van der Waals surface area contributed by atoms with Crippen LogP contribution in [0.1, 0.15) is 17.0 Å². The van der Waals surface area contributed by atoms with Crippen LogP contribution >= 0.6 is 39.1 Å². The summed E-state index contributed by atoms with van der Waals surface area (Å²) in [5.74, 6) is -0.283. The molecule has 1 aliphatic rings. The minimum atomic E-state index is -0.264. The number of nitrogens with one attached hydrogen (secondary N) is 1. The van der Waals surface area contributed by atoms with Crippen LogP contribution in [-0.2, 0) is 11.2 Å². The zero-order valence-corrected chi connectivity index (χ0v) is 13.4. The second-order valence-corrected chi connectivity index (χ2v) is 6.41. The number of halogens is 3. The molecule has 0 bridgehead atoms. The van der Waals surface area contributed by atoms with E-state index in [1.165, 1.54) is 0 Å². The van der Waals surface area contributed by atoms with E-state index in [0.29, 0.717) is 16.5 Å². The van der Waals surface area contributed by atoms with Gasteiger partial charge in [-0.15, -0.1) is 0 Å². The van der Waals surface area contributed by atoms with Crippen molar-refractivity contribution in [3.05, 3.63) is 62.0 Å². The molecular formula is C15H10BrCl2NO. The molecule has 2 aromatic carbocycles. The third-order valence-electron chi connectivity index (χ3n) is 3.43. The fourth-order valence-corrected chi connectivity index (χ4v) is 3.36. The van der Waals surface area contributed by atoms with E-state index in [2.05, 4.69) is 21.2 Å². The first kappa shape index (κ1) is 13.9. The highest BCUT2D eigenvalue weighted by Crippen LogP contribution is 2.38. The highest BCUT2D eigenvalue weighted by molar-refractivity contribution is 9.10. The Bertz CT molecular complexity index is 682. The average molecular weight is 371 g/mol. The Morgan fingerprint density at radius 1 is 1.15 bits per heavy atom.